The van der Waals surface area contributed by atoms with Gasteiger partial charge in [0.2, 0.25) is 0 Å². The standard InChI is InChI=1S/C26H29BrN8O4/c1-28-20-8-16(11-29-12-20)25(36)33-6-3-4-19(15-33)30-24-21(9-18(27)10-23(24)35(38)39)26(37)34-7-5-22-17(14-34)13-32(2)31-22/h8-13,19,28,30H,3-7,14-15H2,1-2H3/t19-/m1/s1. The van der Waals surface area contributed by atoms with Crippen LogP contribution in [0.3, 0.4) is 0 Å². The molecule has 204 valence electrons. The Morgan fingerprint density at radius 1 is 1.15 bits per heavy atom. The third-order valence-corrected chi connectivity index (χ3v) is 7.56. The number of hydrogen-bond donors (Lipinski definition) is 2. The van der Waals surface area contributed by atoms with Crippen LogP contribution in [-0.2, 0) is 20.0 Å². The highest BCUT2D eigenvalue weighted by Crippen LogP contribution is 2.35. The molecule has 0 aliphatic carbocycles. The fraction of sp³-hybridized carbons (Fsp3) is 0.385. The lowest BCUT2D eigenvalue weighted by Gasteiger charge is -2.34. The predicted molar refractivity (Wildman–Crippen MR) is 149 cm³/mol. The van der Waals surface area contributed by atoms with Crippen LogP contribution < -0.4 is 10.6 Å². The summed E-state index contributed by atoms with van der Waals surface area (Å²) in [5.41, 5.74) is 3.32. The Morgan fingerprint density at radius 3 is 2.74 bits per heavy atom. The molecule has 12 nitrogen and oxygen atoms in total. The SMILES string of the molecule is CNc1cncc(C(=O)N2CCC[C@@H](Nc3c(C(=O)N4CCc5nn(C)cc5C4)cc(Br)cc3[N+](=O)[O-])C2)c1. The van der Waals surface area contributed by atoms with E-state index in [-0.39, 0.29) is 34.8 Å². The van der Waals surface area contributed by atoms with E-state index in [2.05, 4.69) is 36.6 Å². The summed E-state index contributed by atoms with van der Waals surface area (Å²) in [6.45, 7) is 1.75. The first-order valence-corrected chi connectivity index (χ1v) is 13.5. The summed E-state index contributed by atoms with van der Waals surface area (Å²) in [5.74, 6) is -0.455. The summed E-state index contributed by atoms with van der Waals surface area (Å²) < 4.78 is 2.18. The number of anilines is 2. The van der Waals surface area contributed by atoms with Crippen molar-refractivity contribution >= 4 is 44.8 Å². The predicted octanol–water partition coefficient (Wildman–Crippen LogP) is 3.44. The van der Waals surface area contributed by atoms with Crippen LogP contribution in [0.1, 0.15) is 44.8 Å². The molecule has 1 aromatic carbocycles. The van der Waals surface area contributed by atoms with Gasteiger partial charge in [-0.05, 0) is 25.0 Å². The minimum atomic E-state index is -0.486. The third-order valence-electron chi connectivity index (χ3n) is 7.10. The zero-order valence-electron chi connectivity index (χ0n) is 21.7. The number of nitro groups is 1. The van der Waals surface area contributed by atoms with E-state index >= 15 is 0 Å². The molecule has 1 atom stereocenters. The summed E-state index contributed by atoms with van der Waals surface area (Å²) in [5, 5.41) is 22.8. The second kappa shape index (κ2) is 11.0. The van der Waals surface area contributed by atoms with Crippen molar-refractivity contribution in [2.24, 2.45) is 7.05 Å². The minimum Gasteiger partial charge on any atom is -0.387 e. The average molecular weight is 597 g/mol. The Morgan fingerprint density at radius 2 is 1.97 bits per heavy atom. The van der Waals surface area contributed by atoms with Gasteiger partial charge in [0.05, 0.1) is 27.4 Å². The molecule has 2 aromatic heterocycles. The third kappa shape index (κ3) is 5.58. The molecule has 5 rings (SSSR count). The first-order chi connectivity index (χ1) is 18.7. The van der Waals surface area contributed by atoms with Crippen molar-refractivity contribution in [3.63, 3.8) is 0 Å². The van der Waals surface area contributed by atoms with Crippen molar-refractivity contribution in [2.75, 3.05) is 37.3 Å². The van der Waals surface area contributed by atoms with Crippen LogP contribution in [0.2, 0.25) is 0 Å². The fourth-order valence-electron chi connectivity index (χ4n) is 5.21. The number of nitrogens with one attached hydrogen (secondary N) is 2. The van der Waals surface area contributed by atoms with E-state index in [0.717, 1.165) is 16.9 Å². The van der Waals surface area contributed by atoms with Gasteiger partial charge in [0.25, 0.3) is 17.5 Å². The number of carbonyl (C=O) groups is 2. The van der Waals surface area contributed by atoms with Gasteiger partial charge in [-0.1, -0.05) is 15.9 Å². The quantitative estimate of drug-likeness (QED) is 0.326. The molecule has 0 unspecified atom stereocenters. The number of amides is 2. The van der Waals surface area contributed by atoms with Gasteiger partial charge in [-0.25, -0.2) is 0 Å². The van der Waals surface area contributed by atoms with Gasteiger partial charge in [-0.15, -0.1) is 0 Å². The Bertz CT molecular complexity index is 1440. The summed E-state index contributed by atoms with van der Waals surface area (Å²) in [6.07, 6.45) is 7.09. The molecule has 2 aliphatic rings. The summed E-state index contributed by atoms with van der Waals surface area (Å²) in [4.78, 5) is 46.1. The second-order valence-corrected chi connectivity index (χ2v) is 10.7. The number of likely N-dealkylation sites (tertiary alicyclic amines) is 1. The molecule has 13 heteroatoms. The van der Waals surface area contributed by atoms with Crippen LogP contribution in [0, 0.1) is 10.1 Å². The van der Waals surface area contributed by atoms with Gasteiger partial charge in [-0.2, -0.15) is 5.10 Å². The van der Waals surface area contributed by atoms with Crippen LogP contribution >= 0.6 is 15.9 Å². The van der Waals surface area contributed by atoms with Gasteiger partial charge in [0.1, 0.15) is 5.69 Å². The van der Waals surface area contributed by atoms with Gasteiger partial charge in [0.15, 0.2) is 0 Å². The second-order valence-electron chi connectivity index (χ2n) is 9.80. The van der Waals surface area contributed by atoms with Gasteiger partial charge < -0.3 is 20.4 Å². The van der Waals surface area contributed by atoms with Crippen molar-refractivity contribution in [2.45, 2.75) is 31.8 Å². The number of carbonyl (C=O) groups excluding carboxylic acids is 2. The Hall–Kier alpha value is -4.00. The lowest BCUT2D eigenvalue weighted by molar-refractivity contribution is -0.384. The monoisotopic (exact) mass is 596 g/mol. The van der Waals surface area contributed by atoms with E-state index in [1.807, 2.05) is 13.2 Å². The normalized spacial score (nSPS) is 16.9. The number of pyridine rings is 1. The van der Waals surface area contributed by atoms with E-state index in [0.29, 0.717) is 55.5 Å². The maximum atomic E-state index is 13.8. The molecule has 2 amide bonds. The smallest absolute Gasteiger partial charge is 0.294 e. The molecule has 1 saturated heterocycles. The number of halogens is 1. The highest BCUT2D eigenvalue weighted by Gasteiger charge is 2.32. The first-order valence-electron chi connectivity index (χ1n) is 12.7. The van der Waals surface area contributed by atoms with Crippen molar-refractivity contribution in [3.8, 4) is 0 Å². The van der Waals surface area contributed by atoms with Crippen LogP contribution in [0.5, 0.6) is 0 Å². The summed E-state index contributed by atoms with van der Waals surface area (Å²) in [6, 6.07) is 4.49. The molecule has 0 spiro atoms. The maximum absolute atomic E-state index is 13.8. The van der Waals surface area contributed by atoms with E-state index in [9.17, 15) is 19.7 Å². The Balaban J connectivity index is 1.40. The molecule has 0 saturated carbocycles. The molecular weight excluding hydrogens is 568 g/mol. The number of piperidine rings is 1. The number of fused-ring (bicyclic) bond motifs is 1. The Kier molecular flexibility index (Phi) is 7.51. The van der Waals surface area contributed by atoms with Gasteiger partial charge in [-0.3, -0.25) is 29.4 Å². The molecule has 1 fully saturated rings. The van der Waals surface area contributed by atoms with E-state index < -0.39 is 4.92 Å². The summed E-state index contributed by atoms with van der Waals surface area (Å²) in [7, 11) is 3.60. The van der Waals surface area contributed by atoms with E-state index in [4.69, 9.17) is 0 Å². The van der Waals surface area contributed by atoms with Gasteiger partial charge >= 0.3 is 0 Å². The number of nitrogens with zero attached hydrogens (tertiary/aromatic N) is 6. The van der Waals surface area contributed by atoms with Crippen molar-refractivity contribution in [1.82, 2.24) is 24.6 Å². The fourth-order valence-corrected chi connectivity index (χ4v) is 5.66. The zero-order chi connectivity index (χ0) is 27.7. The maximum Gasteiger partial charge on any atom is 0.294 e. The highest BCUT2D eigenvalue weighted by molar-refractivity contribution is 9.10. The van der Waals surface area contributed by atoms with Crippen LogP contribution in [-0.4, -0.2) is 74.0 Å². The first kappa shape index (κ1) is 26.6. The van der Waals surface area contributed by atoms with Crippen LogP contribution in [0.4, 0.5) is 17.1 Å². The number of nitro benzene ring substituents is 1. The van der Waals surface area contributed by atoms with E-state index in [1.54, 1.807) is 39.9 Å². The van der Waals surface area contributed by atoms with Crippen LogP contribution in [0.25, 0.3) is 0 Å². The molecule has 0 radical (unpaired) electrons. The number of hydrogen-bond acceptors (Lipinski definition) is 8. The average Bonchev–Trinajstić information content (AvgIpc) is 3.32. The van der Waals surface area contributed by atoms with Gasteiger partial charge in [0, 0.05) is 87.4 Å². The molecule has 3 aromatic rings. The number of benzene rings is 1. The number of aromatic nitrogens is 3. The molecular formula is C26H29BrN8O4. The van der Waals surface area contributed by atoms with Crippen molar-refractivity contribution in [3.05, 3.63) is 73.8 Å². The largest absolute Gasteiger partial charge is 0.387 e. The lowest BCUT2D eigenvalue weighted by Crippen LogP contribution is -2.45. The number of aryl methyl sites for hydroxylation is 1. The molecule has 2 aliphatic heterocycles. The van der Waals surface area contributed by atoms with E-state index in [1.165, 1.54) is 12.3 Å². The van der Waals surface area contributed by atoms with Crippen molar-refractivity contribution in [1.29, 1.82) is 0 Å². The number of rotatable bonds is 6. The highest BCUT2D eigenvalue weighted by atomic mass is 79.9. The Labute approximate surface area is 233 Å². The molecule has 0 bridgehead atoms. The molecule has 2 N–H and O–H groups in total. The molecule has 4 heterocycles. The topological polar surface area (TPSA) is 139 Å². The minimum absolute atomic E-state index is 0.159. The summed E-state index contributed by atoms with van der Waals surface area (Å²) >= 11 is 3.35. The lowest BCUT2D eigenvalue weighted by atomic mass is 10.0. The van der Waals surface area contributed by atoms with Crippen molar-refractivity contribution < 1.29 is 14.5 Å². The zero-order valence-corrected chi connectivity index (χ0v) is 23.3. The molecule has 39 heavy (non-hydrogen) atoms. The van der Waals surface area contributed by atoms with Crippen LogP contribution in [0.15, 0.2) is 41.3 Å².